The summed E-state index contributed by atoms with van der Waals surface area (Å²) in [6, 6.07) is 5.78. The van der Waals surface area contributed by atoms with Gasteiger partial charge in [0.15, 0.2) is 0 Å². The summed E-state index contributed by atoms with van der Waals surface area (Å²) in [6.07, 6.45) is 2.64. The number of nitrogens with two attached hydrogens (primary N) is 1. The molecule has 4 nitrogen and oxygen atoms in total. The second-order valence-electron chi connectivity index (χ2n) is 4.22. The van der Waals surface area contributed by atoms with Crippen LogP contribution in [0.3, 0.4) is 0 Å². The first-order valence-electron chi connectivity index (χ1n) is 5.49. The number of rotatable bonds is 5. The predicted octanol–water partition coefficient (Wildman–Crippen LogP) is 1.74. The Hall–Kier alpha value is -1.60. The van der Waals surface area contributed by atoms with Gasteiger partial charge < -0.3 is 11.1 Å². The van der Waals surface area contributed by atoms with Crippen LogP contribution in [0.25, 0.3) is 0 Å². The lowest BCUT2D eigenvalue weighted by Gasteiger charge is -2.19. The van der Waals surface area contributed by atoms with Crippen molar-refractivity contribution in [2.75, 3.05) is 11.9 Å². The number of anilines is 1. The van der Waals surface area contributed by atoms with Gasteiger partial charge in [0, 0.05) is 18.8 Å². The van der Waals surface area contributed by atoms with Gasteiger partial charge in [-0.3, -0.25) is 0 Å². The molecule has 0 radical (unpaired) electrons. The van der Waals surface area contributed by atoms with E-state index in [1.807, 2.05) is 0 Å². The number of hydrogen-bond donors (Lipinski definition) is 2. The van der Waals surface area contributed by atoms with Gasteiger partial charge in [0.2, 0.25) is 0 Å². The Balaban J connectivity index is 2.74. The molecule has 1 unspecified atom stereocenters. The molecule has 0 aliphatic rings. The van der Waals surface area contributed by atoms with E-state index in [4.69, 9.17) is 11.0 Å². The van der Waals surface area contributed by atoms with Gasteiger partial charge in [-0.25, -0.2) is 4.98 Å². The number of pyridine rings is 1. The van der Waals surface area contributed by atoms with Crippen LogP contribution in [-0.2, 0) is 0 Å². The highest BCUT2D eigenvalue weighted by atomic mass is 15.0. The number of hydrogen-bond acceptors (Lipinski definition) is 4. The monoisotopic (exact) mass is 218 g/mol. The van der Waals surface area contributed by atoms with E-state index in [0.29, 0.717) is 23.8 Å². The minimum absolute atomic E-state index is 0.169. The molecule has 1 aromatic rings. The van der Waals surface area contributed by atoms with Crippen molar-refractivity contribution in [1.82, 2.24) is 4.98 Å². The van der Waals surface area contributed by atoms with Gasteiger partial charge in [0.05, 0.1) is 5.56 Å². The van der Waals surface area contributed by atoms with E-state index in [2.05, 4.69) is 30.2 Å². The molecule has 86 valence electrons. The molecule has 1 atom stereocenters. The molecule has 0 saturated carbocycles. The summed E-state index contributed by atoms with van der Waals surface area (Å²) in [7, 11) is 0. The lowest BCUT2D eigenvalue weighted by molar-refractivity contribution is 0.521. The van der Waals surface area contributed by atoms with Gasteiger partial charge in [-0.15, -0.1) is 0 Å². The zero-order valence-corrected chi connectivity index (χ0v) is 9.77. The Morgan fingerprint density at radius 1 is 1.56 bits per heavy atom. The van der Waals surface area contributed by atoms with E-state index < -0.39 is 0 Å². The molecule has 16 heavy (non-hydrogen) atoms. The summed E-state index contributed by atoms with van der Waals surface area (Å²) in [5.74, 6) is 1.19. The zero-order chi connectivity index (χ0) is 12.0. The quantitative estimate of drug-likeness (QED) is 0.789. The first kappa shape index (κ1) is 12.5. The normalized spacial score (nSPS) is 12.2. The average Bonchev–Trinajstić information content (AvgIpc) is 2.28. The first-order valence-corrected chi connectivity index (χ1v) is 5.49. The lowest BCUT2D eigenvalue weighted by Crippen LogP contribution is -2.30. The van der Waals surface area contributed by atoms with Crippen LogP contribution in [0, 0.1) is 17.2 Å². The van der Waals surface area contributed by atoms with Crippen molar-refractivity contribution in [3.63, 3.8) is 0 Å². The highest BCUT2D eigenvalue weighted by Crippen LogP contribution is 2.14. The summed E-state index contributed by atoms with van der Waals surface area (Å²) < 4.78 is 0. The molecule has 0 spiro atoms. The molecule has 0 saturated heterocycles. The molecule has 0 bridgehead atoms. The van der Waals surface area contributed by atoms with Gasteiger partial charge in [0.1, 0.15) is 11.9 Å². The van der Waals surface area contributed by atoms with Crippen LogP contribution in [0.5, 0.6) is 0 Å². The zero-order valence-electron chi connectivity index (χ0n) is 9.77. The van der Waals surface area contributed by atoms with Crippen LogP contribution >= 0.6 is 0 Å². The number of nitrogens with one attached hydrogen (secondary N) is 1. The highest BCUT2D eigenvalue weighted by molar-refractivity contribution is 5.51. The largest absolute Gasteiger partial charge is 0.365 e. The van der Waals surface area contributed by atoms with Gasteiger partial charge in [-0.2, -0.15) is 5.26 Å². The van der Waals surface area contributed by atoms with E-state index in [0.717, 1.165) is 6.42 Å². The predicted molar refractivity (Wildman–Crippen MR) is 64.9 cm³/mol. The van der Waals surface area contributed by atoms with Crippen LogP contribution in [-0.4, -0.2) is 17.6 Å². The molecular weight excluding hydrogens is 200 g/mol. The third-order valence-corrected chi connectivity index (χ3v) is 2.31. The molecule has 3 N–H and O–H groups in total. The number of nitriles is 1. The summed E-state index contributed by atoms with van der Waals surface area (Å²) in [5.41, 5.74) is 6.25. The first-order chi connectivity index (χ1) is 7.67. The molecule has 0 aliphatic carbocycles. The van der Waals surface area contributed by atoms with E-state index in [-0.39, 0.29) is 6.04 Å². The third-order valence-electron chi connectivity index (χ3n) is 2.31. The Labute approximate surface area is 96.5 Å². The van der Waals surface area contributed by atoms with Crippen molar-refractivity contribution in [3.05, 3.63) is 23.9 Å². The molecule has 1 rings (SSSR count). The summed E-state index contributed by atoms with van der Waals surface area (Å²) in [4.78, 5) is 4.16. The summed E-state index contributed by atoms with van der Waals surface area (Å²) in [6.45, 7) is 4.83. The molecular formula is C12H18N4. The van der Waals surface area contributed by atoms with Crippen LogP contribution in [0.15, 0.2) is 18.3 Å². The summed E-state index contributed by atoms with van der Waals surface area (Å²) in [5, 5.41) is 12.1. The fraction of sp³-hybridized carbons (Fsp3) is 0.500. The van der Waals surface area contributed by atoms with Gasteiger partial charge in [0.25, 0.3) is 0 Å². The molecule has 1 aromatic heterocycles. The number of nitrogens with zero attached hydrogens (tertiary/aromatic N) is 2. The maximum atomic E-state index is 8.92. The van der Waals surface area contributed by atoms with Gasteiger partial charge in [-0.1, -0.05) is 13.8 Å². The fourth-order valence-corrected chi connectivity index (χ4v) is 1.59. The number of aromatic nitrogens is 1. The Bertz CT molecular complexity index is 368. The van der Waals surface area contributed by atoms with E-state index in [9.17, 15) is 0 Å². The van der Waals surface area contributed by atoms with Crippen molar-refractivity contribution in [2.45, 2.75) is 26.3 Å². The van der Waals surface area contributed by atoms with Crippen molar-refractivity contribution < 1.29 is 0 Å². The molecule has 0 fully saturated rings. The molecule has 4 heteroatoms. The molecule has 0 amide bonds. The van der Waals surface area contributed by atoms with Crippen LogP contribution in [0.1, 0.15) is 25.8 Å². The minimum Gasteiger partial charge on any atom is -0.365 e. The van der Waals surface area contributed by atoms with E-state index in [1.165, 1.54) is 0 Å². The van der Waals surface area contributed by atoms with Crippen molar-refractivity contribution in [3.8, 4) is 6.07 Å². The van der Waals surface area contributed by atoms with Gasteiger partial charge in [-0.05, 0) is 24.5 Å². The Morgan fingerprint density at radius 2 is 2.31 bits per heavy atom. The lowest BCUT2D eigenvalue weighted by atomic mass is 10.0. The maximum Gasteiger partial charge on any atom is 0.144 e. The Kier molecular flexibility index (Phi) is 4.74. The van der Waals surface area contributed by atoms with Crippen LogP contribution in [0.4, 0.5) is 5.82 Å². The average molecular weight is 218 g/mol. The SMILES string of the molecule is CC(C)CC(CN)Nc1ncccc1C#N. The maximum absolute atomic E-state index is 8.92. The van der Waals surface area contributed by atoms with Crippen molar-refractivity contribution in [2.24, 2.45) is 11.7 Å². The fourth-order valence-electron chi connectivity index (χ4n) is 1.59. The molecule has 0 aliphatic heterocycles. The standard InChI is InChI=1S/C12H18N4/c1-9(2)6-11(8-14)16-12-10(7-13)4-3-5-15-12/h3-5,9,11H,6,8,14H2,1-2H3,(H,15,16). The van der Waals surface area contributed by atoms with Crippen LogP contribution < -0.4 is 11.1 Å². The molecule has 0 aromatic carbocycles. The molecule has 1 heterocycles. The van der Waals surface area contributed by atoms with Crippen LogP contribution in [0.2, 0.25) is 0 Å². The topological polar surface area (TPSA) is 74.7 Å². The third kappa shape index (κ3) is 3.52. The Morgan fingerprint density at radius 3 is 2.88 bits per heavy atom. The minimum atomic E-state index is 0.169. The van der Waals surface area contributed by atoms with E-state index in [1.54, 1.807) is 18.3 Å². The highest BCUT2D eigenvalue weighted by Gasteiger charge is 2.11. The smallest absolute Gasteiger partial charge is 0.144 e. The second kappa shape index (κ2) is 6.09. The second-order valence-corrected chi connectivity index (χ2v) is 4.22. The van der Waals surface area contributed by atoms with Gasteiger partial charge >= 0.3 is 0 Å². The summed E-state index contributed by atoms with van der Waals surface area (Å²) >= 11 is 0. The van der Waals surface area contributed by atoms with Crippen molar-refractivity contribution >= 4 is 5.82 Å². The van der Waals surface area contributed by atoms with Crippen molar-refractivity contribution in [1.29, 1.82) is 5.26 Å². The van der Waals surface area contributed by atoms with E-state index >= 15 is 0 Å².